The normalized spacial score (nSPS) is 23.9. The Morgan fingerprint density at radius 1 is 1.21 bits per heavy atom. The van der Waals surface area contributed by atoms with Crippen LogP contribution in [0, 0.1) is 11.8 Å². The highest BCUT2D eigenvalue weighted by molar-refractivity contribution is 5.80. The molecule has 3 nitrogen and oxygen atoms in total. The molecule has 1 saturated carbocycles. The van der Waals surface area contributed by atoms with Gasteiger partial charge in [-0.3, -0.25) is 4.79 Å². The molecule has 1 amide bonds. The van der Waals surface area contributed by atoms with E-state index in [2.05, 4.69) is 32.6 Å². The minimum Gasteiger partial charge on any atom is -0.339 e. The maximum atomic E-state index is 12.8. The van der Waals surface area contributed by atoms with E-state index in [1.807, 2.05) is 0 Å². The maximum absolute atomic E-state index is 12.8. The lowest BCUT2D eigenvalue weighted by molar-refractivity contribution is -0.140. The van der Waals surface area contributed by atoms with Gasteiger partial charge in [-0.1, -0.05) is 40.5 Å². The molecule has 0 aromatic carbocycles. The fourth-order valence-electron chi connectivity index (χ4n) is 3.22. The van der Waals surface area contributed by atoms with Crippen LogP contribution in [0.25, 0.3) is 0 Å². The fraction of sp³-hybridized carbons (Fsp3) is 0.938. The zero-order valence-electron chi connectivity index (χ0n) is 13.2. The minimum atomic E-state index is 0.0631. The first kappa shape index (κ1) is 16.5. The second kappa shape index (κ2) is 7.88. The number of hydrogen-bond donors (Lipinski definition) is 1. The molecule has 19 heavy (non-hydrogen) atoms. The van der Waals surface area contributed by atoms with Crippen LogP contribution in [-0.2, 0) is 4.79 Å². The first-order valence-corrected chi connectivity index (χ1v) is 8.07. The summed E-state index contributed by atoms with van der Waals surface area (Å²) in [5, 5.41) is 0. The van der Waals surface area contributed by atoms with Crippen LogP contribution in [0.2, 0.25) is 0 Å². The third-order valence-corrected chi connectivity index (χ3v) is 4.36. The van der Waals surface area contributed by atoms with Crippen molar-refractivity contribution in [3.8, 4) is 0 Å². The summed E-state index contributed by atoms with van der Waals surface area (Å²) in [5.74, 6) is 0.895. The van der Waals surface area contributed by atoms with Crippen molar-refractivity contribution in [1.29, 1.82) is 0 Å². The number of nitrogens with zero attached hydrogens (tertiary/aromatic N) is 1. The number of nitrogens with two attached hydrogens (primary N) is 1. The van der Waals surface area contributed by atoms with E-state index in [0.717, 1.165) is 38.6 Å². The molecule has 1 aliphatic carbocycles. The predicted octanol–water partition coefficient (Wildman–Crippen LogP) is 3.18. The highest BCUT2D eigenvalue weighted by Crippen LogP contribution is 2.26. The summed E-state index contributed by atoms with van der Waals surface area (Å²) >= 11 is 0. The quantitative estimate of drug-likeness (QED) is 0.804. The van der Waals surface area contributed by atoms with E-state index in [4.69, 9.17) is 5.73 Å². The van der Waals surface area contributed by atoms with Crippen LogP contribution in [0.1, 0.15) is 66.2 Å². The molecular weight excluding hydrogens is 236 g/mol. The predicted molar refractivity (Wildman–Crippen MR) is 80.9 cm³/mol. The van der Waals surface area contributed by atoms with Crippen LogP contribution in [-0.4, -0.2) is 29.4 Å². The summed E-state index contributed by atoms with van der Waals surface area (Å²) in [6.45, 7) is 9.59. The summed E-state index contributed by atoms with van der Waals surface area (Å²) in [6, 6.07) is 0.453. The van der Waals surface area contributed by atoms with Crippen LogP contribution in [0.5, 0.6) is 0 Å². The average molecular weight is 268 g/mol. The summed E-state index contributed by atoms with van der Waals surface area (Å²) in [4.78, 5) is 15.0. The molecule has 0 saturated heterocycles. The van der Waals surface area contributed by atoms with E-state index in [1.165, 1.54) is 6.42 Å². The number of carbonyl (C=O) groups is 1. The Bertz CT molecular complexity index is 274. The largest absolute Gasteiger partial charge is 0.339 e. The molecule has 2 atom stereocenters. The zero-order chi connectivity index (χ0) is 14.4. The zero-order valence-corrected chi connectivity index (χ0v) is 13.2. The van der Waals surface area contributed by atoms with Gasteiger partial charge in [-0.2, -0.15) is 0 Å². The van der Waals surface area contributed by atoms with Gasteiger partial charge in [0.2, 0.25) is 5.91 Å². The van der Waals surface area contributed by atoms with Gasteiger partial charge in [0.15, 0.2) is 0 Å². The van der Waals surface area contributed by atoms with Gasteiger partial charge in [-0.15, -0.1) is 0 Å². The second-order valence-corrected chi connectivity index (χ2v) is 6.41. The summed E-state index contributed by atoms with van der Waals surface area (Å²) in [7, 11) is 0. The van der Waals surface area contributed by atoms with Crippen LogP contribution in [0.15, 0.2) is 0 Å². The molecular formula is C16H32N2O. The number of hydrogen-bond acceptors (Lipinski definition) is 2. The lowest BCUT2D eigenvalue weighted by atomic mass is 9.83. The molecule has 2 N–H and O–H groups in total. The van der Waals surface area contributed by atoms with E-state index in [0.29, 0.717) is 17.9 Å². The third kappa shape index (κ3) is 4.48. The van der Waals surface area contributed by atoms with E-state index >= 15 is 0 Å². The van der Waals surface area contributed by atoms with Crippen molar-refractivity contribution in [2.45, 2.75) is 78.3 Å². The van der Waals surface area contributed by atoms with Gasteiger partial charge in [-0.05, 0) is 31.6 Å². The van der Waals surface area contributed by atoms with Crippen molar-refractivity contribution < 1.29 is 4.79 Å². The van der Waals surface area contributed by atoms with E-state index < -0.39 is 0 Å². The van der Waals surface area contributed by atoms with Crippen LogP contribution < -0.4 is 5.73 Å². The van der Waals surface area contributed by atoms with E-state index in [9.17, 15) is 4.79 Å². The molecule has 0 aromatic rings. The molecule has 0 bridgehead atoms. The van der Waals surface area contributed by atoms with Crippen molar-refractivity contribution in [3.05, 3.63) is 0 Å². The van der Waals surface area contributed by atoms with Crippen LogP contribution in [0.4, 0.5) is 0 Å². The number of amides is 1. The molecule has 0 spiro atoms. The summed E-state index contributed by atoms with van der Waals surface area (Å²) in [6.07, 6.45) is 6.40. The van der Waals surface area contributed by atoms with Crippen molar-refractivity contribution >= 4 is 5.91 Å². The van der Waals surface area contributed by atoms with E-state index in [-0.39, 0.29) is 12.0 Å². The standard InChI is InChI=1S/C16H32N2O/c1-5-13(6-2)18(11-12(3)4)16(19)14-9-7-8-10-15(14)17/h12-15H,5-11,17H2,1-4H3. The molecule has 0 aromatic heterocycles. The van der Waals surface area contributed by atoms with Gasteiger partial charge < -0.3 is 10.6 Å². The molecule has 1 rings (SSSR count). The second-order valence-electron chi connectivity index (χ2n) is 6.41. The van der Waals surface area contributed by atoms with Crippen molar-refractivity contribution in [1.82, 2.24) is 4.90 Å². The third-order valence-electron chi connectivity index (χ3n) is 4.36. The summed E-state index contributed by atoms with van der Waals surface area (Å²) < 4.78 is 0. The molecule has 0 heterocycles. The van der Waals surface area contributed by atoms with Crippen LogP contribution in [0.3, 0.4) is 0 Å². The molecule has 3 heteroatoms. The Labute approximate surface area is 118 Å². The highest BCUT2D eigenvalue weighted by Gasteiger charge is 2.33. The topological polar surface area (TPSA) is 46.3 Å². The van der Waals surface area contributed by atoms with Gasteiger partial charge in [-0.25, -0.2) is 0 Å². The Morgan fingerprint density at radius 3 is 2.26 bits per heavy atom. The lowest BCUT2D eigenvalue weighted by Crippen LogP contribution is -2.50. The van der Waals surface area contributed by atoms with Crippen LogP contribution >= 0.6 is 0 Å². The van der Waals surface area contributed by atoms with Gasteiger partial charge >= 0.3 is 0 Å². The van der Waals surface area contributed by atoms with Gasteiger partial charge in [0.1, 0.15) is 0 Å². The van der Waals surface area contributed by atoms with Crippen molar-refractivity contribution in [2.75, 3.05) is 6.54 Å². The summed E-state index contributed by atoms with van der Waals surface area (Å²) in [5.41, 5.74) is 6.18. The average Bonchev–Trinajstić information content (AvgIpc) is 2.38. The van der Waals surface area contributed by atoms with E-state index in [1.54, 1.807) is 0 Å². The maximum Gasteiger partial charge on any atom is 0.227 e. The Kier molecular flexibility index (Phi) is 6.84. The smallest absolute Gasteiger partial charge is 0.227 e. The van der Waals surface area contributed by atoms with Gasteiger partial charge in [0.05, 0.1) is 5.92 Å². The van der Waals surface area contributed by atoms with Gasteiger partial charge in [0, 0.05) is 18.6 Å². The van der Waals surface area contributed by atoms with Gasteiger partial charge in [0.25, 0.3) is 0 Å². The molecule has 0 aliphatic heterocycles. The lowest BCUT2D eigenvalue weighted by Gasteiger charge is -2.38. The Morgan fingerprint density at radius 2 is 1.79 bits per heavy atom. The molecule has 1 fully saturated rings. The first-order valence-electron chi connectivity index (χ1n) is 8.07. The Hall–Kier alpha value is -0.570. The fourth-order valence-corrected chi connectivity index (χ4v) is 3.22. The molecule has 0 radical (unpaired) electrons. The SMILES string of the molecule is CCC(CC)N(CC(C)C)C(=O)C1CCCCC1N. The molecule has 2 unspecified atom stereocenters. The van der Waals surface area contributed by atoms with Crippen molar-refractivity contribution in [2.24, 2.45) is 17.6 Å². The number of carbonyl (C=O) groups excluding carboxylic acids is 1. The molecule has 1 aliphatic rings. The molecule has 112 valence electrons. The van der Waals surface area contributed by atoms with Crippen molar-refractivity contribution in [3.63, 3.8) is 0 Å². The highest BCUT2D eigenvalue weighted by atomic mass is 16.2. The first-order chi connectivity index (χ1) is 9.01. The minimum absolute atomic E-state index is 0.0631. The monoisotopic (exact) mass is 268 g/mol. The Balaban J connectivity index is 2.79. The number of rotatable bonds is 6.